The lowest BCUT2D eigenvalue weighted by Crippen LogP contribution is -2.18. The van der Waals surface area contributed by atoms with Gasteiger partial charge in [0.15, 0.2) is 0 Å². The van der Waals surface area contributed by atoms with Crippen molar-refractivity contribution in [3.8, 4) is 0 Å². The maximum Gasteiger partial charge on any atom is 0.0468 e. The van der Waals surface area contributed by atoms with Gasteiger partial charge in [-0.1, -0.05) is 53.0 Å². The fourth-order valence-electron chi connectivity index (χ4n) is 1.84. The average Bonchev–Trinajstić information content (AvgIpc) is 2.37. The van der Waals surface area contributed by atoms with E-state index in [1.54, 1.807) is 6.07 Å². The molecule has 0 aromatic heterocycles. The molecule has 0 spiro atoms. The summed E-state index contributed by atoms with van der Waals surface area (Å²) in [4.78, 5) is 0. The monoisotopic (exact) mass is 313 g/mol. The van der Waals surface area contributed by atoms with E-state index in [0.29, 0.717) is 10.0 Å². The molecular weight excluding hydrogens is 301 g/mol. The van der Waals surface area contributed by atoms with Crippen LogP contribution in [-0.2, 0) is 6.54 Å². The molecule has 0 bridgehead atoms. The number of halogens is 3. The third kappa shape index (κ3) is 4.12. The Bertz CT molecular complexity index is 552. The minimum Gasteiger partial charge on any atom is -0.306 e. The average molecular weight is 315 g/mol. The van der Waals surface area contributed by atoms with Gasteiger partial charge >= 0.3 is 0 Å². The molecule has 0 heterocycles. The van der Waals surface area contributed by atoms with Crippen LogP contribution in [0.4, 0.5) is 0 Å². The van der Waals surface area contributed by atoms with Crippen molar-refractivity contribution in [1.82, 2.24) is 5.32 Å². The van der Waals surface area contributed by atoms with E-state index in [1.165, 1.54) is 5.56 Å². The largest absolute Gasteiger partial charge is 0.306 e. The summed E-state index contributed by atoms with van der Waals surface area (Å²) < 4.78 is 0. The summed E-state index contributed by atoms with van der Waals surface area (Å²) in [5.41, 5.74) is 2.22. The topological polar surface area (TPSA) is 12.0 Å². The molecule has 0 saturated heterocycles. The summed E-state index contributed by atoms with van der Waals surface area (Å²) >= 11 is 17.9. The second-order valence-corrected chi connectivity index (χ2v) is 5.67. The van der Waals surface area contributed by atoms with Gasteiger partial charge in [-0.15, -0.1) is 0 Å². The van der Waals surface area contributed by atoms with Crippen LogP contribution in [0.1, 0.15) is 24.1 Å². The predicted octanol–water partition coefficient (Wildman–Crippen LogP) is 5.50. The molecule has 2 aromatic carbocycles. The van der Waals surface area contributed by atoms with E-state index in [9.17, 15) is 0 Å². The summed E-state index contributed by atoms with van der Waals surface area (Å²) in [6.07, 6.45) is 0. The van der Waals surface area contributed by atoms with Crippen LogP contribution in [-0.4, -0.2) is 0 Å². The highest BCUT2D eigenvalue weighted by Gasteiger charge is 2.09. The van der Waals surface area contributed by atoms with Crippen molar-refractivity contribution in [1.29, 1.82) is 0 Å². The van der Waals surface area contributed by atoms with Crippen molar-refractivity contribution in [2.24, 2.45) is 0 Å². The summed E-state index contributed by atoms with van der Waals surface area (Å²) in [7, 11) is 0. The molecule has 4 heteroatoms. The Hall–Kier alpha value is -0.730. The first kappa shape index (κ1) is 14.7. The number of benzene rings is 2. The second-order valence-electron chi connectivity index (χ2n) is 4.39. The van der Waals surface area contributed by atoms with Crippen molar-refractivity contribution >= 4 is 34.8 Å². The lowest BCUT2D eigenvalue weighted by atomic mass is 10.1. The fraction of sp³-hybridized carbons (Fsp3) is 0.200. The first-order valence-electron chi connectivity index (χ1n) is 5.99. The van der Waals surface area contributed by atoms with Gasteiger partial charge in [-0.2, -0.15) is 0 Å². The smallest absolute Gasteiger partial charge is 0.0468 e. The van der Waals surface area contributed by atoms with Gasteiger partial charge in [0.2, 0.25) is 0 Å². The Balaban J connectivity index is 2.01. The van der Waals surface area contributed by atoms with Crippen LogP contribution < -0.4 is 5.32 Å². The van der Waals surface area contributed by atoms with Crippen LogP contribution in [0.2, 0.25) is 15.1 Å². The molecule has 0 aliphatic heterocycles. The van der Waals surface area contributed by atoms with Gasteiger partial charge in [-0.25, -0.2) is 0 Å². The first-order chi connectivity index (χ1) is 9.06. The van der Waals surface area contributed by atoms with E-state index in [0.717, 1.165) is 17.1 Å². The van der Waals surface area contributed by atoms with Gasteiger partial charge in [0.1, 0.15) is 0 Å². The normalized spacial score (nSPS) is 12.4. The van der Waals surface area contributed by atoms with Gasteiger partial charge in [0, 0.05) is 27.7 Å². The van der Waals surface area contributed by atoms with Crippen molar-refractivity contribution in [3.05, 3.63) is 68.7 Å². The van der Waals surface area contributed by atoms with Crippen LogP contribution in [0, 0.1) is 0 Å². The van der Waals surface area contributed by atoms with Crippen LogP contribution >= 0.6 is 34.8 Å². The minimum absolute atomic E-state index is 0.153. The van der Waals surface area contributed by atoms with E-state index in [2.05, 4.69) is 12.2 Å². The molecule has 1 atom stereocenters. The number of hydrogen-bond acceptors (Lipinski definition) is 1. The Morgan fingerprint density at radius 2 is 1.58 bits per heavy atom. The predicted molar refractivity (Wildman–Crippen MR) is 83.2 cm³/mol. The molecule has 0 aliphatic rings. The molecule has 0 saturated carbocycles. The van der Waals surface area contributed by atoms with Crippen molar-refractivity contribution in [3.63, 3.8) is 0 Å². The van der Waals surface area contributed by atoms with E-state index < -0.39 is 0 Å². The molecule has 1 nitrogen and oxygen atoms in total. The van der Waals surface area contributed by atoms with Crippen molar-refractivity contribution in [2.75, 3.05) is 0 Å². The second kappa shape index (κ2) is 6.62. The van der Waals surface area contributed by atoms with Gasteiger partial charge in [-0.3, -0.25) is 0 Å². The summed E-state index contributed by atoms with van der Waals surface area (Å²) in [5, 5.41) is 5.51. The van der Waals surface area contributed by atoms with Crippen molar-refractivity contribution < 1.29 is 0 Å². The van der Waals surface area contributed by atoms with Gasteiger partial charge < -0.3 is 5.32 Å². The molecule has 1 unspecified atom stereocenters. The highest BCUT2D eigenvalue weighted by atomic mass is 35.5. The van der Waals surface area contributed by atoms with Crippen molar-refractivity contribution in [2.45, 2.75) is 19.5 Å². The molecule has 1 N–H and O–H groups in total. The number of rotatable bonds is 4. The summed E-state index contributed by atoms with van der Waals surface area (Å²) in [6.45, 7) is 2.84. The zero-order valence-electron chi connectivity index (χ0n) is 10.5. The van der Waals surface area contributed by atoms with Gasteiger partial charge in [0.25, 0.3) is 0 Å². The Morgan fingerprint density at radius 1 is 0.947 bits per heavy atom. The maximum absolute atomic E-state index is 6.19. The van der Waals surface area contributed by atoms with Crippen LogP contribution in [0.25, 0.3) is 0 Å². The summed E-state index contributed by atoms with van der Waals surface area (Å²) in [5.74, 6) is 0. The van der Waals surface area contributed by atoms with Crippen LogP contribution in [0.15, 0.2) is 42.5 Å². The zero-order chi connectivity index (χ0) is 13.8. The molecule has 0 amide bonds. The third-order valence-electron chi connectivity index (χ3n) is 2.95. The molecule has 0 fully saturated rings. The molecule has 100 valence electrons. The zero-order valence-corrected chi connectivity index (χ0v) is 12.7. The first-order valence-corrected chi connectivity index (χ1v) is 7.12. The minimum atomic E-state index is 0.153. The molecular formula is C15H14Cl3N. The number of hydrogen-bond donors (Lipinski definition) is 1. The maximum atomic E-state index is 6.19. The quantitative estimate of drug-likeness (QED) is 0.786. The molecule has 2 rings (SSSR count). The van der Waals surface area contributed by atoms with E-state index in [4.69, 9.17) is 34.8 Å². The van der Waals surface area contributed by atoms with E-state index >= 15 is 0 Å². The third-order valence-corrected chi connectivity index (χ3v) is 3.77. The molecule has 19 heavy (non-hydrogen) atoms. The SMILES string of the molecule is CC(NCc1ccc(Cl)cc1)c1ccc(Cl)cc1Cl. The number of nitrogens with one attached hydrogen (secondary N) is 1. The van der Waals surface area contributed by atoms with E-state index in [1.807, 2.05) is 36.4 Å². The Morgan fingerprint density at radius 3 is 2.21 bits per heavy atom. The molecule has 0 aliphatic carbocycles. The van der Waals surface area contributed by atoms with Crippen LogP contribution in [0.5, 0.6) is 0 Å². The molecule has 2 aromatic rings. The summed E-state index contributed by atoms with van der Waals surface area (Å²) in [6, 6.07) is 13.5. The lowest BCUT2D eigenvalue weighted by molar-refractivity contribution is 0.575. The highest BCUT2D eigenvalue weighted by molar-refractivity contribution is 6.35. The van der Waals surface area contributed by atoms with Crippen LogP contribution in [0.3, 0.4) is 0 Å². The Labute approximate surface area is 128 Å². The Kier molecular flexibility index (Phi) is 5.12. The lowest BCUT2D eigenvalue weighted by Gasteiger charge is -2.16. The van der Waals surface area contributed by atoms with E-state index in [-0.39, 0.29) is 6.04 Å². The fourth-order valence-corrected chi connectivity index (χ4v) is 2.53. The van der Waals surface area contributed by atoms with Gasteiger partial charge in [-0.05, 0) is 42.3 Å². The standard InChI is InChI=1S/C15H14Cl3N/c1-10(14-7-6-13(17)8-15(14)18)19-9-11-2-4-12(16)5-3-11/h2-8,10,19H,9H2,1H3. The molecule has 0 radical (unpaired) electrons. The highest BCUT2D eigenvalue weighted by Crippen LogP contribution is 2.26. The van der Waals surface area contributed by atoms with Gasteiger partial charge in [0.05, 0.1) is 0 Å².